The third-order valence-electron chi connectivity index (χ3n) is 6.71. The molecule has 0 unspecified atom stereocenters. The molecular weight excluding hydrogens is 482 g/mol. The number of hydrogen-bond donors (Lipinski definition) is 1. The average Bonchev–Trinajstić information content (AvgIpc) is 3.08. The molecule has 6 heteroatoms. The highest BCUT2D eigenvalue weighted by Crippen LogP contribution is 2.34. The molecule has 0 fully saturated rings. The Labute approximate surface area is 219 Å². The third-order valence-corrected chi connectivity index (χ3v) is 8.57. The largest absolute Gasteiger partial charge is 0.478 e. The van der Waals surface area contributed by atoms with E-state index in [0.29, 0.717) is 37.4 Å². The van der Waals surface area contributed by atoms with E-state index in [1.165, 1.54) is 0 Å². The number of carbonyl (C=O) groups is 1. The van der Waals surface area contributed by atoms with Gasteiger partial charge in [-0.25, -0.2) is 13.2 Å². The van der Waals surface area contributed by atoms with Gasteiger partial charge in [-0.15, -0.1) is 0 Å². The molecule has 4 rings (SSSR count). The third kappa shape index (κ3) is 6.27. The molecule has 37 heavy (non-hydrogen) atoms. The molecule has 2 aromatic rings. The smallest absolute Gasteiger partial charge is 0.336 e. The van der Waals surface area contributed by atoms with E-state index in [2.05, 4.69) is 19.9 Å². The summed E-state index contributed by atoms with van der Waals surface area (Å²) in [4.78, 5) is 12.2. The molecule has 2 aliphatic carbocycles. The van der Waals surface area contributed by atoms with Gasteiger partial charge in [-0.05, 0) is 71.2 Å². The van der Waals surface area contributed by atoms with Crippen molar-refractivity contribution in [1.29, 1.82) is 0 Å². The van der Waals surface area contributed by atoms with Gasteiger partial charge in [-0.1, -0.05) is 86.6 Å². The number of sulfonamides is 1. The Morgan fingerprint density at radius 1 is 0.838 bits per heavy atom. The minimum Gasteiger partial charge on any atom is -0.478 e. The van der Waals surface area contributed by atoms with Crippen molar-refractivity contribution < 1.29 is 18.3 Å². The Morgan fingerprint density at radius 2 is 1.46 bits per heavy atom. The van der Waals surface area contributed by atoms with E-state index in [4.69, 9.17) is 0 Å². The maximum atomic E-state index is 13.4. The molecule has 2 aliphatic rings. The first-order chi connectivity index (χ1) is 17.8. The van der Waals surface area contributed by atoms with Gasteiger partial charge < -0.3 is 5.11 Å². The standard InChI is InChI=1S/C31H33NO4S/c1-23(2)25-16-18-28-26(21-30(31(33)34)29(28)19-17-25)13-9-10-20-32(22-24-11-5-3-6-12-24)37(35,36)27-14-7-4-8-15-27/h3-8,11-12,14-19,21,23H,9-10,13,20,22H2,1-2H3,(H,33,34). The molecule has 0 aromatic heterocycles. The van der Waals surface area contributed by atoms with Gasteiger partial charge in [-0.2, -0.15) is 4.31 Å². The summed E-state index contributed by atoms with van der Waals surface area (Å²) in [5.41, 5.74) is 5.07. The zero-order valence-electron chi connectivity index (χ0n) is 21.3. The summed E-state index contributed by atoms with van der Waals surface area (Å²) in [6, 6.07) is 27.9. The summed E-state index contributed by atoms with van der Waals surface area (Å²) in [7, 11) is -3.65. The van der Waals surface area contributed by atoms with Crippen LogP contribution in [0.15, 0.2) is 95.9 Å². The Bertz CT molecular complexity index is 1420. The van der Waals surface area contributed by atoms with Gasteiger partial charge in [0.2, 0.25) is 10.0 Å². The molecule has 0 saturated carbocycles. The van der Waals surface area contributed by atoms with E-state index in [-0.39, 0.29) is 4.90 Å². The number of aryl methyl sites for hydroxylation is 1. The number of nitrogens with zero attached hydrogens (tertiary/aromatic N) is 1. The molecule has 0 radical (unpaired) electrons. The predicted octanol–water partition coefficient (Wildman–Crippen LogP) is 6.83. The minimum atomic E-state index is -3.65. The monoisotopic (exact) mass is 515 g/mol. The summed E-state index contributed by atoms with van der Waals surface area (Å²) in [6.07, 6.45) is 2.07. The number of fused-ring (bicyclic) bond motifs is 1. The van der Waals surface area contributed by atoms with Crippen LogP contribution in [-0.4, -0.2) is 30.3 Å². The second-order valence-electron chi connectivity index (χ2n) is 9.63. The van der Waals surface area contributed by atoms with Crippen molar-refractivity contribution in [2.24, 2.45) is 0 Å². The summed E-state index contributed by atoms with van der Waals surface area (Å²) in [5, 5.41) is 9.77. The lowest BCUT2D eigenvalue weighted by Crippen LogP contribution is -2.31. The first kappa shape index (κ1) is 26.6. The van der Waals surface area contributed by atoms with Gasteiger partial charge in [0.25, 0.3) is 0 Å². The van der Waals surface area contributed by atoms with E-state index in [1.54, 1.807) is 40.7 Å². The van der Waals surface area contributed by atoms with Gasteiger partial charge >= 0.3 is 5.97 Å². The van der Waals surface area contributed by atoms with Crippen molar-refractivity contribution in [2.75, 3.05) is 6.54 Å². The molecule has 0 bridgehead atoms. The summed E-state index contributed by atoms with van der Waals surface area (Å²) < 4.78 is 28.4. The molecule has 0 atom stereocenters. The van der Waals surface area contributed by atoms with E-state index in [0.717, 1.165) is 34.2 Å². The zero-order valence-corrected chi connectivity index (χ0v) is 22.1. The topological polar surface area (TPSA) is 74.7 Å². The lowest BCUT2D eigenvalue weighted by atomic mass is 10.0. The lowest BCUT2D eigenvalue weighted by Gasteiger charge is -2.22. The van der Waals surface area contributed by atoms with E-state index < -0.39 is 16.0 Å². The number of unbranched alkanes of at least 4 members (excludes halogenated alkanes) is 1. The van der Waals surface area contributed by atoms with Crippen molar-refractivity contribution >= 4 is 16.0 Å². The van der Waals surface area contributed by atoms with E-state index >= 15 is 0 Å². The van der Waals surface area contributed by atoms with Crippen LogP contribution in [0.5, 0.6) is 0 Å². The Hall–Kier alpha value is -3.48. The SMILES string of the molecule is CC(C)c1ccc2c(CCCCN(Cc3ccccc3)S(=O)(=O)c3ccccc3)cc(C(=O)O)c-2cc1. The van der Waals surface area contributed by atoms with Crippen LogP contribution in [-0.2, 0) is 23.0 Å². The maximum Gasteiger partial charge on any atom is 0.336 e. The minimum absolute atomic E-state index is 0.285. The molecule has 1 N–H and O–H groups in total. The Morgan fingerprint density at radius 3 is 2.08 bits per heavy atom. The van der Waals surface area contributed by atoms with Crippen molar-refractivity contribution in [3.63, 3.8) is 0 Å². The van der Waals surface area contributed by atoms with Crippen molar-refractivity contribution in [1.82, 2.24) is 4.31 Å². The van der Waals surface area contributed by atoms with Crippen LogP contribution in [0, 0.1) is 0 Å². The van der Waals surface area contributed by atoms with Crippen molar-refractivity contribution in [3.05, 3.63) is 113 Å². The maximum absolute atomic E-state index is 13.4. The van der Waals surface area contributed by atoms with Crippen LogP contribution in [0.3, 0.4) is 0 Å². The number of carboxylic acids is 1. The van der Waals surface area contributed by atoms with Crippen molar-refractivity contribution in [3.8, 4) is 11.1 Å². The number of benzene rings is 2. The second kappa shape index (κ2) is 11.7. The normalized spacial score (nSPS) is 11.9. The average molecular weight is 516 g/mol. The molecule has 0 saturated heterocycles. The molecular formula is C31H33NO4S. The van der Waals surface area contributed by atoms with E-state index in [9.17, 15) is 18.3 Å². The van der Waals surface area contributed by atoms with Crippen LogP contribution in [0.1, 0.15) is 59.7 Å². The van der Waals surface area contributed by atoms with Crippen LogP contribution in [0.2, 0.25) is 0 Å². The quantitative estimate of drug-likeness (QED) is 0.222. The zero-order chi connectivity index (χ0) is 26.4. The second-order valence-corrected chi connectivity index (χ2v) is 11.6. The van der Waals surface area contributed by atoms with Crippen LogP contribution in [0.25, 0.3) is 11.1 Å². The first-order valence-electron chi connectivity index (χ1n) is 12.7. The summed E-state index contributed by atoms with van der Waals surface area (Å²) >= 11 is 0. The van der Waals surface area contributed by atoms with Gasteiger partial charge in [0.15, 0.2) is 0 Å². The van der Waals surface area contributed by atoms with Crippen LogP contribution >= 0.6 is 0 Å². The lowest BCUT2D eigenvalue weighted by molar-refractivity contribution is 0.0698. The fourth-order valence-corrected chi connectivity index (χ4v) is 6.11. The highest BCUT2D eigenvalue weighted by atomic mass is 32.2. The number of aromatic carboxylic acids is 1. The van der Waals surface area contributed by atoms with E-state index in [1.807, 2.05) is 48.5 Å². The summed E-state index contributed by atoms with van der Waals surface area (Å²) in [6.45, 7) is 4.91. The Balaban J connectivity index is 1.52. The van der Waals surface area contributed by atoms with Crippen LogP contribution in [0.4, 0.5) is 0 Å². The number of carboxylic acid groups (broad SMARTS) is 1. The highest BCUT2D eigenvalue weighted by Gasteiger charge is 2.24. The molecule has 2 aromatic carbocycles. The molecule has 5 nitrogen and oxygen atoms in total. The number of hydrogen-bond acceptors (Lipinski definition) is 3. The van der Waals surface area contributed by atoms with Gasteiger partial charge in [0.1, 0.15) is 0 Å². The molecule has 192 valence electrons. The van der Waals surface area contributed by atoms with Gasteiger partial charge in [0.05, 0.1) is 10.5 Å². The number of rotatable bonds is 11. The fourth-order valence-electron chi connectivity index (χ4n) is 4.62. The first-order valence-corrected chi connectivity index (χ1v) is 14.1. The fraction of sp³-hybridized carbons (Fsp3) is 0.258. The molecule has 0 amide bonds. The van der Waals surface area contributed by atoms with Crippen molar-refractivity contribution in [2.45, 2.75) is 50.5 Å². The molecule has 0 spiro atoms. The van der Waals surface area contributed by atoms with Gasteiger partial charge in [-0.3, -0.25) is 0 Å². The van der Waals surface area contributed by atoms with Crippen LogP contribution < -0.4 is 0 Å². The molecule has 0 aliphatic heterocycles. The predicted molar refractivity (Wildman–Crippen MR) is 148 cm³/mol. The summed E-state index contributed by atoms with van der Waals surface area (Å²) in [5.74, 6) is -0.591. The highest BCUT2D eigenvalue weighted by molar-refractivity contribution is 7.89. The Kier molecular flexibility index (Phi) is 8.41. The van der Waals surface area contributed by atoms with Gasteiger partial charge in [0, 0.05) is 13.1 Å². The molecule has 0 heterocycles.